The highest BCUT2D eigenvalue weighted by Gasteiger charge is 2.21. The molecule has 1 atom stereocenters. The molecule has 0 saturated carbocycles. The number of carbonyl (C=O) groups is 3. The third-order valence-corrected chi connectivity index (χ3v) is 3.59. The minimum atomic E-state index is -1.09. The highest BCUT2D eigenvalue weighted by atomic mass is 16.4. The Labute approximate surface area is 142 Å². The molecule has 0 radical (unpaired) electrons. The molecule has 1 aromatic rings. The van der Waals surface area contributed by atoms with E-state index in [-0.39, 0.29) is 18.9 Å². The number of carboxylic acids is 1. The Morgan fingerprint density at radius 2 is 1.96 bits per heavy atom. The molecule has 0 aliphatic rings. The number of allylic oxidation sites excluding steroid dienone is 1. The normalized spacial score (nSPS) is 11.4. The number of nitrogens with zero attached hydrogens (tertiary/aromatic N) is 1. The van der Waals surface area contributed by atoms with Crippen molar-refractivity contribution in [3.8, 4) is 0 Å². The molecule has 6 nitrogen and oxygen atoms in total. The maximum atomic E-state index is 12.1. The zero-order valence-corrected chi connectivity index (χ0v) is 13.9. The minimum absolute atomic E-state index is 0.153. The van der Waals surface area contributed by atoms with Crippen molar-refractivity contribution in [3.05, 3.63) is 48.6 Å². The summed E-state index contributed by atoms with van der Waals surface area (Å²) >= 11 is 0. The van der Waals surface area contributed by atoms with Crippen LogP contribution in [-0.2, 0) is 20.8 Å². The standard InChI is InChI=1S/C18H24N2O4/c1-3-4-10-16(18(23)24)19-17(22)13-20(14(2)21)12-11-15-8-6-5-7-9-15/h3,5-9,16H,1,4,10-13H2,2H3,(H,19,22)(H,23,24). The van der Waals surface area contributed by atoms with E-state index in [2.05, 4.69) is 11.9 Å². The fourth-order valence-corrected chi connectivity index (χ4v) is 2.21. The second kappa shape index (κ2) is 10.2. The molecule has 0 spiro atoms. The second-order valence-electron chi connectivity index (χ2n) is 5.50. The van der Waals surface area contributed by atoms with E-state index in [0.29, 0.717) is 19.4 Å². The average Bonchev–Trinajstić information content (AvgIpc) is 2.55. The summed E-state index contributed by atoms with van der Waals surface area (Å²) in [5.74, 6) is -1.79. The van der Waals surface area contributed by atoms with E-state index in [1.165, 1.54) is 11.8 Å². The molecule has 0 saturated heterocycles. The number of carbonyl (C=O) groups excluding carboxylic acids is 2. The Hall–Kier alpha value is -2.63. The van der Waals surface area contributed by atoms with Gasteiger partial charge < -0.3 is 15.3 Å². The van der Waals surface area contributed by atoms with E-state index in [1.807, 2.05) is 30.3 Å². The number of benzene rings is 1. The fraction of sp³-hybridized carbons (Fsp3) is 0.389. The van der Waals surface area contributed by atoms with Gasteiger partial charge in [-0.1, -0.05) is 36.4 Å². The summed E-state index contributed by atoms with van der Waals surface area (Å²) in [6.07, 6.45) is 2.99. The van der Waals surface area contributed by atoms with Gasteiger partial charge in [0.15, 0.2) is 0 Å². The molecule has 0 fully saturated rings. The summed E-state index contributed by atoms with van der Waals surface area (Å²) in [6, 6.07) is 8.67. The zero-order chi connectivity index (χ0) is 17.9. The van der Waals surface area contributed by atoms with Crippen LogP contribution in [-0.4, -0.2) is 46.9 Å². The van der Waals surface area contributed by atoms with Crippen molar-refractivity contribution in [2.45, 2.75) is 32.2 Å². The lowest BCUT2D eigenvalue weighted by atomic mass is 10.1. The van der Waals surface area contributed by atoms with Crippen LogP contribution < -0.4 is 5.32 Å². The Kier molecular flexibility index (Phi) is 8.25. The lowest BCUT2D eigenvalue weighted by Gasteiger charge is -2.22. The van der Waals surface area contributed by atoms with Crippen molar-refractivity contribution in [1.82, 2.24) is 10.2 Å². The largest absolute Gasteiger partial charge is 0.480 e. The molecular weight excluding hydrogens is 308 g/mol. The average molecular weight is 332 g/mol. The van der Waals surface area contributed by atoms with E-state index in [0.717, 1.165) is 5.56 Å². The van der Waals surface area contributed by atoms with Gasteiger partial charge in [0.1, 0.15) is 6.04 Å². The first-order valence-corrected chi connectivity index (χ1v) is 7.86. The topological polar surface area (TPSA) is 86.7 Å². The van der Waals surface area contributed by atoms with Gasteiger partial charge in [-0.15, -0.1) is 6.58 Å². The van der Waals surface area contributed by atoms with Crippen LogP contribution in [0.2, 0.25) is 0 Å². The highest BCUT2D eigenvalue weighted by Crippen LogP contribution is 2.03. The summed E-state index contributed by atoms with van der Waals surface area (Å²) in [5.41, 5.74) is 1.07. The van der Waals surface area contributed by atoms with Gasteiger partial charge in [-0.05, 0) is 24.8 Å². The van der Waals surface area contributed by atoms with E-state index in [4.69, 9.17) is 5.11 Å². The van der Waals surface area contributed by atoms with Crippen molar-refractivity contribution in [2.24, 2.45) is 0 Å². The van der Waals surface area contributed by atoms with Crippen LogP contribution in [0.1, 0.15) is 25.3 Å². The van der Waals surface area contributed by atoms with E-state index >= 15 is 0 Å². The van der Waals surface area contributed by atoms with Crippen LogP contribution in [0.3, 0.4) is 0 Å². The van der Waals surface area contributed by atoms with Gasteiger partial charge in [0.25, 0.3) is 0 Å². The number of carboxylic acid groups (broad SMARTS) is 1. The summed E-state index contributed by atoms with van der Waals surface area (Å²) < 4.78 is 0. The monoisotopic (exact) mass is 332 g/mol. The van der Waals surface area contributed by atoms with Crippen molar-refractivity contribution in [2.75, 3.05) is 13.1 Å². The third kappa shape index (κ3) is 7.09. The van der Waals surface area contributed by atoms with Crippen LogP contribution in [0.5, 0.6) is 0 Å². The Bertz CT molecular complexity index is 572. The maximum Gasteiger partial charge on any atom is 0.326 e. The van der Waals surface area contributed by atoms with Gasteiger partial charge in [0.2, 0.25) is 11.8 Å². The molecule has 2 N–H and O–H groups in total. The number of aliphatic carboxylic acids is 1. The van der Waals surface area contributed by atoms with Crippen molar-refractivity contribution < 1.29 is 19.5 Å². The van der Waals surface area contributed by atoms with Gasteiger partial charge in [0, 0.05) is 13.5 Å². The smallest absolute Gasteiger partial charge is 0.326 e. The van der Waals surface area contributed by atoms with Crippen molar-refractivity contribution in [3.63, 3.8) is 0 Å². The predicted molar refractivity (Wildman–Crippen MR) is 91.4 cm³/mol. The predicted octanol–water partition coefficient (Wildman–Crippen LogP) is 1.61. The summed E-state index contributed by atoms with van der Waals surface area (Å²) in [5, 5.41) is 11.6. The van der Waals surface area contributed by atoms with Gasteiger partial charge in [-0.3, -0.25) is 9.59 Å². The molecule has 24 heavy (non-hydrogen) atoms. The number of hydrogen-bond acceptors (Lipinski definition) is 3. The maximum absolute atomic E-state index is 12.1. The van der Waals surface area contributed by atoms with Gasteiger partial charge in [-0.25, -0.2) is 4.79 Å². The van der Waals surface area contributed by atoms with E-state index in [1.54, 1.807) is 6.08 Å². The number of rotatable bonds is 10. The number of amides is 2. The molecule has 1 rings (SSSR count). The molecular formula is C18H24N2O4. The van der Waals surface area contributed by atoms with Gasteiger partial charge >= 0.3 is 5.97 Å². The molecule has 130 valence electrons. The fourth-order valence-electron chi connectivity index (χ4n) is 2.21. The van der Waals surface area contributed by atoms with E-state index in [9.17, 15) is 14.4 Å². The number of hydrogen-bond donors (Lipinski definition) is 2. The first-order valence-electron chi connectivity index (χ1n) is 7.86. The van der Waals surface area contributed by atoms with Crippen LogP contribution in [0.25, 0.3) is 0 Å². The van der Waals surface area contributed by atoms with Crippen LogP contribution in [0, 0.1) is 0 Å². The molecule has 0 aliphatic heterocycles. The summed E-state index contributed by atoms with van der Waals surface area (Å²) in [4.78, 5) is 36.3. The molecule has 6 heteroatoms. The second-order valence-corrected chi connectivity index (χ2v) is 5.50. The highest BCUT2D eigenvalue weighted by molar-refractivity contribution is 5.87. The molecule has 1 aromatic carbocycles. The molecule has 0 heterocycles. The van der Waals surface area contributed by atoms with Crippen molar-refractivity contribution >= 4 is 17.8 Å². The zero-order valence-electron chi connectivity index (χ0n) is 13.9. The van der Waals surface area contributed by atoms with Crippen molar-refractivity contribution in [1.29, 1.82) is 0 Å². The van der Waals surface area contributed by atoms with Crippen LogP contribution >= 0.6 is 0 Å². The Morgan fingerprint density at radius 3 is 2.50 bits per heavy atom. The minimum Gasteiger partial charge on any atom is -0.480 e. The molecule has 2 amide bonds. The molecule has 0 aliphatic carbocycles. The van der Waals surface area contributed by atoms with Crippen LogP contribution in [0.15, 0.2) is 43.0 Å². The van der Waals surface area contributed by atoms with E-state index < -0.39 is 17.9 Å². The summed E-state index contributed by atoms with van der Waals surface area (Å²) in [6.45, 7) is 5.18. The van der Waals surface area contributed by atoms with Gasteiger partial charge in [-0.2, -0.15) is 0 Å². The first kappa shape index (κ1) is 19.4. The van der Waals surface area contributed by atoms with Crippen LogP contribution in [0.4, 0.5) is 0 Å². The Balaban J connectivity index is 2.56. The first-order chi connectivity index (χ1) is 11.4. The SMILES string of the molecule is C=CCCC(NC(=O)CN(CCc1ccccc1)C(C)=O)C(=O)O. The third-order valence-electron chi connectivity index (χ3n) is 3.59. The quantitative estimate of drug-likeness (QED) is 0.637. The summed E-state index contributed by atoms with van der Waals surface area (Å²) in [7, 11) is 0. The number of nitrogens with one attached hydrogen (secondary N) is 1. The van der Waals surface area contributed by atoms with Gasteiger partial charge in [0.05, 0.1) is 6.54 Å². The Morgan fingerprint density at radius 1 is 1.29 bits per heavy atom. The molecule has 0 bridgehead atoms. The lowest BCUT2D eigenvalue weighted by molar-refractivity contribution is -0.142. The lowest BCUT2D eigenvalue weighted by Crippen LogP contribution is -2.47. The molecule has 0 aromatic heterocycles. The molecule has 1 unspecified atom stereocenters.